The number of esters is 1. The molecule has 2 aromatic carbocycles. The smallest absolute Gasteiger partial charge is 0.340 e. The third-order valence-electron chi connectivity index (χ3n) is 3.57. The lowest BCUT2D eigenvalue weighted by Crippen LogP contribution is -2.10. The predicted octanol–water partition coefficient (Wildman–Crippen LogP) is 3.11. The average molecular weight is 344 g/mol. The molecule has 0 unspecified atom stereocenters. The number of hydrogen-bond donors (Lipinski definition) is 1. The van der Waals surface area contributed by atoms with Crippen molar-refractivity contribution in [3.05, 3.63) is 52.8 Å². The Kier molecular flexibility index (Phi) is 5.79. The van der Waals surface area contributed by atoms with Gasteiger partial charge in [0.25, 0.3) is 0 Å². The van der Waals surface area contributed by atoms with Crippen LogP contribution in [0.5, 0.6) is 11.5 Å². The standard InChI is InChI=1S/C18H17FN2O4/c1-23-16-7-13(18(22)25-3)15(8-17(16)24-2)21-10-12-6-11(9-20)4-5-14(12)19/h4-8,21H,10H2,1-3H3. The fraction of sp³-hybridized carbons (Fsp3) is 0.222. The van der Waals surface area contributed by atoms with Crippen molar-refractivity contribution in [3.8, 4) is 17.6 Å². The lowest BCUT2D eigenvalue weighted by Gasteiger charge is -2.15. The van der Waals surface area contributed by atoms with E-state index in [1.165, 1.54) is 45.6 Å². The summed E-state index contributed by atoms with van der Waals surface area (Å²) in [5, 5.41) is 11.9. The Hall–Kier alpha value is -3.27. The summed E-state index contributed by atoms with van der Waals surface area (Å²) < 4.78 is 29.1. The molecule has 0 radical (unpaired) electrons. The number of benzene rings is 2. The molecule has 0 spiro atoms. The molecule has 25 heavy (non-hydrogen) atoms. The number of hydrogen-bond acceptors (Lipinski definition) is 6. The highest BCUT2D eigenvalue weighted by atomic mass is 19.1. The molecule has 0 heterocycles. The molecule has 0 fully saturated rings. The van der Waals surface area contributed by atoms with Crippen LogP contribution in [0.4, 0.5) is 10.1 Å². The van der Waals surface area contributed by atoms with Crippen LogP contribution in [0.15, 0.2) is 30.3 Å². The van der Waals surface area contributed by atoms with Gasteiger partial charge in [-0.05, 0) is 18.2 Å². The minimum absolute atomic E-state index is 0.0703. The van der Waals surface area contributed by atoms with Crippen LogP contribution in [-0.4, -0.2) is 27.3 Å². The minimum atomic E-state index is -0.574. The highest BCUT2D eigenvalue weighted by molar-refractivity contribution is 5.96. The van der Waals surface area contributed by atoms with Gasteiger partial charge in [-0.15, -0.1) is 0 Å². The molecule has 0 saturated carbocycles. The van der Waals surface area contributed by atoms with Crippen molar-refractivity contribution >= 4 is 11.7 Å². The van der Waals surface area contributed by atoms with Gasteiger partial charge < -0.3 is 19.5 Å². The summed E-state index contributed by atoms with van der Waals surface area (Å²) in [7, 11) is 4.18. The van der Waals surface area contributed by atoms with Crippen LogP contribution in [0, 0.1) is 17.1 Å². The summed E-state index contributed by atoms with van der Waals surface area (Å²) in [6.07, 6.45) is 0. The van der Waals surface area contributed by atoms with E-state index < -0.39 is 11.8 Å². The third-order valence-corrected chi connectivity index (χ3v) is 3.57. The number of methoxy groups -OCH3 is 3. The first kappa shape index (κ1) is 18.1. The lowest BCUT2D eigenvalue weighted by molar-refractivity contribution is 0.0601. The van der Waals surface area contributed by atoms with Crippen LogP contribution in [0.1, 0.15) is 21.5 Å². The monoisotopic (exact) mass is 344 g/mol. The zero-order valence-electron chi connectivity index (χ0n) is 14.1. The van der Waals surface area contributed by atoms with E-state index in [1.54, 1.807) is 6.07 Å². The van der Waals surface area contributed by atoms with Gasteiger partial charge in [0.2, 0.25) is 0 Å². The van der Waals surface area contributed by atoms with Crippen molar-refractivity contribution in [2.75, 3.05) is 26.6 Å². The van der Waals surface area contributed by atoms with Gasteiger partial charge in [0.05, 0.1) is 44.2 Å². The topological polar surface area (TPSA) is 80.6 Å². The van der Waals surface area contributed by atoms with Crippen LogP contribution in [0.2, 0.25) is 0 Å². The lowest BCUT2D eigenvalue weighted by atomic mass is 10.1. The Bertz CT molecular complexity index is 831. The van der Waals surface area contributed by atoms with E-state index in [9.17, 15) is 9.18 Å². The maximum Gasteiger partial charge on any atom is 0.340 e. The van der Waals surface area contributed by atoms with Gasteiger partial charge in [-0.25, -0.2) is 9.18 Å². The molecule has 130 valence electrons. The molecule has 0 amide bonds. The first-order valence-corrected chi connectivity index (χ1v) is 7.30. The molecule has 0 atom stereocenters. The quantitative estimate of drug-likeness (QED) is 0.811. The molecule has 2 rings (SSSR count). The molecule has 7 heteroatoms. The van der Waals surface area contributed by atoms with E-state index in [4.69, 9.17) is 19.5 Å². The summed E-state index contributed by atoms with van der Waals surface area (Å²) >= 11 is 0. The van der Waals surface area contributed by atoms with Gasteiger partial charge in [-0.2, -0.15) is 5.26 Å². The highest BCUT2D eigenvalue weighted by Crippen LogP contribution is 2.34. The fourth-order valence-electron chi connectivity index (χ4n) is 2.27. The van der Waals surface area contributed by atoms with Crippen molar-refractivity contribution < 1.29 is 23.4 Å². The van der Waals surface area contributed by atoms with Gasteiger partial charge in [-0.1, -0.05) is 0 Å². The number of nitrogens with zero attached hydrogens (tertiary/aromatic N) is 1. The van der Waals surface area contributed by atoms with Gasteiger partial charge >= 0.3 is 5.97 Å². The number of nitriles is 1. The largest absolute Gasteiger partial charge is 0.493 e. The second-order valence-corrected chi connectivity index (χ2v) is 5.02. The van der Waals surface area contributed by atoms with E-state index in [0.29, 0.717) is 28.3 Å². The fourth-order valence-corrected chi connectivity index (χ4v) is 2.27. The van der Waals surface area contributed by atoms with Gasteiger partial charge in [0.1, 0.15) is 5.82 Å². The van der Waals surface area contributed by atoms with E-state index in [-0.39, 0.29) is 12.1 Å². The molecule has 2 aromatic rings. The van der Waals surface area contributed by atoms with Gasteiger partial charge in [0.15, 0.2) is 11.5 Å². The summed E-state index contributed by atoms with van der Waals surface area (Å²) in [6, 6.07) is 9.08. The molecule has 6 nitrogen and oxygen atoms in total. The van der Waals surface area contributed by atoms with E-state index in [0.717, 1.165) is 0 Å². The third kappa shape index (κ3) is 3.98. The molecule has 0 aliphatic carbocycles. The maximum atomic E-state index is 13.9. The predicted molar refractivity (Wildman–Crippen MR) is 89.3 cm³/mol. The molecule has 0 aliphatic heterocycles. The second kappa shape index (κ2) is 8.02. The molecule has 0 saturated heterocycles. The Labute approximate surface area is 144 Å². The number of nitrogens with one attached hydrogen (secondary N) is 1. The molecular weight excluding hydrogens is 327 g/mol. The van der Waals surface area contributed by atoms with Crippen LogP contribution < -0.4 is 14.8 Å². The average Bonchev–Trinajstić information content (AvgIpc) is 2.65. The van der Waals surface area contributed by atoms with Gasteiger partial charge in [0, 0.05) is 24.2 Å². The van der Waals surface area contributed by atoms with E-state index >= 15 is 0 Å². The molecule has 0 aromatic heterocycles. The Balaban J connectivity index is 2.38. The van der Waals surface area contributed by atoms with E-state index in [1.807, 2.05) is 6.07 Å². The molecule has 0 bridgehead atoms. The number of ether oxygens (including phenoxy) is 3. The first-order valence-electron chi connectivity index (χ1n) is 7.30. The number of halogens is 1. The van der Waals surface area contributed by atoms with Crippen molar-refractivity contribution in [2.24, 2.45) is 0 Å². The van der Waals surface area contributed by atoms with Crippen LogP contribution in [0.3, 0.4) is 0 Å². The first-order chi connectivity index (χ1) is 12.0. The molecular formula is C18H17FN2O4. The van der Waals surface area contributed by atoms with Crippen LogP contribution in [-0.2, 0) is 11.3 Å². The Morgan fingerprint density at radius 1 is 1.16 bits per heavy atom. The zero-order valence-corrected chi connectivity index (χ0v) is 14.1. The number of rotatable bonds is 6. The Morgan fingerprint density at radius 3 is 2.44 bits per heavy atom. The van der Waals surface area contributed by atoms with Crippen molar-refractivity contribution in [2.45, 2.75) is 6.54 Å². The number of carbonyl (C=O) groups is 1. The summed E-state index contributed by atoms with van der Waals surface area (Å²) in [6.45, 7) is 0.0703. The number of carbonyl (C=O) groups excluding carboxylic acids is 1. The van der Waals surface area contributed by atoms with E-state index in [2.05, 4.69) is 5.32 Å². The Morgan fingerprint density at radius 2 is 1.84 bits per heavy atom. The van der Waals surface area contributed by atoms with Crippen LogP contribution in [0.25, 0.3) is 0 Å². The summed E-state index contributed by atoms with van der Waals surface area (Å²) in [5.74, 6) is -0.253. The highest BCUT2D eigenvalue weighted by Gasteiger charge is 2.18. The minimum Gasteiger partial charge on any atom is -0.493 e. The van der Waals surface area contributed by atoms with Crippen LogP contribution >= 0.6 is 0 Å². The number of anilines is 1. The summed E-state index contributed by atoms with van der Waals surface area (Å²) in [4.78, 5) is 12.0. The van der Waals surface area contributed by atoms with Crippen molar-refractivity contribution in [1.29, 1.82) is 5.26 Å². The SMILES string of the molecule is COC(=O)c1cc(OC)c(OC)cc1NCc1cc(C#N)ccc1F. The maximum absolute atomic E-state index is 13.9. The summed E-state index contributed by atoms with van der Waals surface area (Å²) in [5.41, 5.74) is 1.26. The second-order valence-electron chi connectivity index (χ2n) is 5.02. The normalized spacial score (nSPS) is 9.88. The van der Waals surface area contributed by atoms with Gasteiger partial charge in [-0.3, -0.25) is 0 Å². The molecule has 0 aliphatic rings. The van der Waals surface area contributed by atoms with Crippen molar-refractivity contribution in [1.82, 2.24) is 0 Å². The zero-order chi connectivity index (χ0) is 18.4. The molecule has 1 N–H and O–H groups in total. The van der Waals surface area contributed by atoms with Crippen molar-refractivity contribution in [3.63, 3.8) is 0 Å².